The van der Waals surface area contributed by atoms with Crippen LogP contribution in [0, 0.1) is 5.92 Å². The molecule has 0 radical (unpaired) electrons. The SMILES string of the molecule is CCNC(C)(CCCOCCC1CC1)C(=O)OCC. The normalized spacial score (nSPS) is 18.1. The molecule has 0 spiro atoms. The van der Waals surface area contributed by atoms with Crippen LogP contribution < -0.4 is 5.32 Å². The van der Waals surface area contributed by atoms with Crippen molar-refractivity contribution in [3.05, 3.63) is 0 Å². The van der Waals surface area contributed by atoms with E-state index in [0.717, 1.165) is 38.5 Å². The number of hydrogen-bond acceptors (Lipinski definition) is 4. The Labute approximate surface area is 117 Å². The maximum absolute atomic E-state index is 11.9. The fourth-order valence-corrected chi connectivity index (χ4v) is 2.23. The fraction of sp³-hybridized carbons (Fsp3) is 0.933. The van der Waals surface area contributed by atoms with E-state index in [0.29, 0.717) is 6.61 Å². The van der Waals surface area contributed by atoms with Crippen molar-refractivity contribution in [3.63, 3.8) is 0 Å². The fourth-order valence-electron chi connectivity index (χ4n) is 2.23. The van der Waals surface area contributed by atoms with Crippen molar-refractivity contribution < 1.29 is 14.3 Å². The molecule has 1 rings (SSSR count). The van der Waals surface area contributed by atoms with Gasteiger partial charge in [0, 0.05) is 13.2 Å². The Kier molecular flexibility index (Phi) is 7.39. The average Bonchev–Trinajstić information content (AvgIpc) is 3.18. The largest absolute Gasteiger partial charge is 0.465 e. The van der Waals surface area contributed by atoms with E-state index in [-0.39, 0.29) is 5.97 Å². The number of rotatable bonds is 11. The molecule has 1 fully saturated rings. The van der Waals surface area contributed by atoms with E-state index in [1.54, 1.807) is 0 Å². The summed E-state index contributed by atoms with van der Waals surface area (Å²) < 4.78 is 10.8. The van der Waals surface area contributed by atoms with Crippen LogP contribution in [-0.4, -0.2) is 37.9 Å². The molecule has 1 aliphatic rings. The standard InChI is InChI=1S/C15H29NO3/c1-4-16-15(3,14(17)19-5-2)10-6-11-18-12-9-13-7-8-13/h13,16H,4-12H2,1-3H3. The van der Waals surface area contributed by atoms with Gasteiger partial charge >= 0.3 is 5.97 Å². The molecule has 0 amide bonds. The first-order chi connectivity index (χ1) is 9.12. The third-order valence-electron chi connectivity index (χ3n) is 3.63. The van der Waals surface area contributed by atoms with Gasteiger partial charge in [-0.25, -0.2) is 0 Å². The van der Waals surface area contributed by atoms with Crippen molar-refractivity contribution >= 4 is 5.97 Å². The Hall–Kier alpha value is -0.610. The van der Waals surface area contributed by atoms with Crippen molar-refractivity contribution in [2.75, 3.05) is 26.4 Å². The van der Waals surface area contributed by atoms with Gasteiger partial charge in [0.15, 0.2) is 0 Å². The number of hydrogen-bond donors (Lipinski definition) is 1. The van der Waals surface area contributed by atoms with Gasteiger partial charge in [0.25, 0.3) is 0 Å². The quantitative estimate of drug-likeness (QED) is 0.463. The number of carbonyl (C=O) groups is 1. The van der Waals surface area contributed by atoms with Gasteiger partial charge in [0.1, 0.15) is 5.54 Å². The van der Waals surface area contributed by atoms with Crippen LogP contribution >= 0.6 is 0 Å². The summed E-state index contributed by atoms with van der Waals surface area (Å²) in [7, 11) is 0. The molecular formula is C15H29NO3. The molecule has 0 aromatic heterocycles. The van der Waals surface area contributed by atoms with Gasteiger partial charge in [-0.1, -0.05) is 19.8 Å². The summed E-state index contributed by atoms with van der Waals surface area (Å²) in [5.41, 5.74) is -0.579. The average molecular weight is 271 g/mol. The first-order valence-corrected chi connectivity index (χ1v) is 7.62. The van der Waals surface area contributed by atoms with E-state index in [1.165, 1.54) is 19.3 Å². The van der Waals surface area contributed by atoms with E-state index in [2.05, 4.69) is 5.32 Å². The van der Waals surface area contributed by atoms with Gasteiger partial charge < -0.3 is 14.8 Å². The molecule has 1 aliphatic carbocycles. The van der Waals surface area contributed by atoms with Crippen molar-refractivity contribution in [1.82, 2.24) is 5.32 Å². The van der Waals surface area contributed by atoms with E-state index >= 15 is 0 Å². The van der Waals surface area contributed by atoms with Gasteiger partial charge in [-0.2, -0.15) is 0 Å². The van der Waals surface area contributed by atoms with Crippen LogP contribution in [0.25, 0.3) is 0 Å². The third-order valence-corrected chi connectivity index (χ3v) is 3.63. The van der Waals surface area contributed by atoms with E-state index in [4.69, 9.17) is 9.47 Å². The van der Waals surface area contributed by atoms with Crippen molar-refractivity contribution in [1.29, 1.82) is 0 Å². The molecule has 0 aromatic rings. The lowest BCUT2D eigenvalue weighted by molar-refractivity contribution is -0.151. The predicted molar refractivity (Wildman–Crippen MR) is 76.1 cm³/mol. The molecule has 0 bridgehead atoms. The second-order valence-electron chi connectivity index (χ2n) is 5.53. The Morgan fingerprint density at radius 1 is 1.32 bits per heavy atom. The zero-order valence-corrected chi connectivity index (χ0v) is 12.7. The van der Waals surface area contributed by atoms with Crippen molar-refractivity contribution in [3.8, 4) is 0 Å². The molecule has 0 heterocycles. The molecule has 4 heteroatoms. The lowest BCUT2D eigenvalue weighted by atomic mass is 9.96. The Balaban J connectivity index is 2.17. The minimum Gasteiger partial charge on any atom is -0.465 e. The molecule has 1 unspecified atom stereocenters. The number of likely N-dealkylation sites (N-methyl/N-ethyl adjacent to an activating group) is 1. The summed E-state index contributed by atoms with van der Waals surface area (Å²) in [6.45, 7) is 8.54. The van der Waals surface area contributed by atoms with Crippen molar-refractivity contribution in [2.24, 2.45) is 5.92 Å². The van der Waals surface area contributed by atoms with Crippen LogP contribution in [0.15, 0.2) is 0 Å². The van der Waals surface area contributed by atoms with Gasteiger partial charge in [0.05, 0.1) is 6.61 Å². The number of nitrogens with one attached hydrogen (secondary N) is 1. The lowest BCUT2D eigenvalue weighted by Crippen LogP contribution is -2.50. The summed E-state index contributed by atoms with van der Waals surface area (Å²) in [5, 5.41) is 3.23. The summed E-state index contributed by atoms with van der Waals surface area (Å²) in [4.78, 5) is 11.9. The third kappa shape index (κ3) is 6.39. The van der Waals surface area contributed by atoms with Gasteiger partial charge in [0.2, 0.25) is 0 Å². The van der Waals surface area contributed by atoms with Gasteiger partial charge in [-0.05, 0) is 45.6 Å². The van der Waals surface area contributed by atoms with E-state index in [1.807, 2.05) is 20.8 Å². The van der Waals surface area contributed by atoms with Gasteiger partial charge in [-0.3, -0.25) is 4.79 Å². The first-order valence-electron chi connectivity index (χ1n) is 7.62. The monoisotopic (exact) mass is 271 g/mol. The Morgan fingerprint density at radius 3 is 2.63 bits per heavy atom. The summed E-state index contributed by atoms with van der Waals surface area (Å²) in [5.74, 6) is 0.765. The molecule has 0 aromatic carbocycles. The van der Waals surface area contributed by atoms with E-state index < -0.39 is 5.54 Å². The zero-order chi connectivity index (χ0) is 14.1. The maximum Gasteiger partial charge on any atom is 0.326 e. The summed E-state index contributed by atoms with van der Waals surface area (Å²) in [6.07, 6.45) is 5.59. The highest BCUT2D eigenvalue weighted by molar-refractivity contribution is 5.80. The van der Waals surface area contributed by atoms with Crippen LogP contribution in [0.3, 0.4) is 0 Å². The number of ether oxygens (including phenoxy) is 2. The Morgan fingerprint density at radius 2 is 2.05 bits per heavy atom. The molecule has 19 heavy (non-hydrogen) atoms. The second-order valence-corrected chi connectivity index (χ2v) is 5.53. The van der Waals surface area contributed by atoms with Crippen LogP contribution in [0.4, 0.5) is 0 Å². The highest BCUT2D eigenvalue weighted by Gasteiger charge is 2.33. The van der Waals surface area contributed by atoms with Crippen LogP contribution in [0.1, 0.15) is 52.9 Å². The second kappa shape index (κ2) is 8.54. The molecule has 0 saturated heterocycles. The van der Waals surface area contributed by atoms with Crippen molar-refractivity contribution in [2.45, 2.75) is 58.4 Å². The highest BCUT2D eigenvalue weighted by Crippen LogP contribution is 2.32. The minimum atomic E-state index is -0.579. The highest BCUT2D eigenvalue weighted by atomic mass is 16.5. The molecule has 112 valence electrons. The predicted octanol–water partition coefficient (Wildman–Crippen LogP) is 2.51. The zero-order valence-electron chi connectivity index (χ0n) is 12.7. The number of esters is 1. The smallest absolute Gasteiger partial charge is 0.326 e. The molecule has 1 N–H and O–H groups in total. The van der Waals surface area contributed by atoms with Gasteiger partial charge in [-0.15, -0.1) is 0 Å². The first kappa shape index (κ1) is 16.4. The summed E-state index contributed by atoms with van der Waals surface area (Å²) in [6, 6.07) is 0. The van der Waals surface area contributed by atoms with Crippen LogP contribution in [0.2, 0.25) is 0 Å². The summed E-state index contributed by atoms with van der Waals surface area (Å²) >= 11 is 0. The minimum absolute atomic E-state index is 0.158. The van der Waals surface area contributed by atoms with Crippen LogP contribution in [-0.2, 0) is 14.3 Å². The number of carbonyl (C=O) groups excluding carboxylic acids is 1. The maximum atomic E-state index is 11.9. The Bertz CT molecular complexity index is 266. The lowest BCUT2D eigenvalue weighted by Gasteiger charge is -2.28. The molecule has 0 aliphatic heterocycles. The van der Waals surface area contributed by atoms with Crippen LogP contribution in [0.5, 0.6) is 0 Å². The topological polar surface area (TPSA) is 47.6 Å². The molecular weight excluding hydrogens is 242 g/mol. The molecule has 1 atom stereocenters. The molecule has 1 saturated carbocycles. The molecule has 4 nitrogen and oxygen atoms in total. The van der Waals surface area contributed by atoms with E-state index in [9.17, 15) is 4.79 Å².